The minimum atomic E-state index is 1.03. The highest BCUT2D eigenvalue weighted by Crippen LogP contribution is 2.07. The molecule has 0 spiro atoms. The van der Waals surface area contributed by atoms with Gasteiger partial charge >= 0.3 is 0 Å². The van der Waals surface area contributed by atoms with E-state index in [2.05, 4.69) is 25.0 Å². The van der Waals surface area contributed by atoms with E-state index in [0.717, 1.165) is 6.42 Å². The van der Waals surface area contributed by atoms with Gasteiger partial charge in [-0.25, -0.2) is 0 Å². The molecule has 0 aromatic heterocycles. The largest absolute Gasteiger partial charge is 0.165 e. The molecule has 0 aromatic carbocycles. The van der Waals surface area contributed by atoms with Crippen molar-refractivity contribution in [2.75, 3.05) is 12.0 Å². The van der Waals surface area contributed by atoms with Crippen LogP contribution in [-0.2, 0) is 0 Å². The fourth-order valence-electron chi connectivity index (χ4n) is 1.08. The van der Waals surface area contributed by atoms with Gasteiger partial charge in [-0.05, 0) is 24.9 Å². The fraction of sp³-hybridized carbons (Fsp3) is 0.727. The summed E-state index contributed by atoms with van der Waals surface area (Å²) >= 11 is 1.94. The molecule has 0 unspecified atom stereocenters. The zero-order chi connectivity index (χ0) is 9.07. The number of thioether (sulfide) groups is 1. The molecule has 0 fully saturated rings. The Hall–Kier alpha value is -0.0900. The lowest BCUT2D eigenvalue weighted by Crippen LogP contribution is -1.81. The van der Waals surface area contributed by atoms with Crippen molar-refractivity contribution in [3.8, 4) is 11.8 Å². The Bertz CT molecular complexity index is 130. The van der Waals surface area contributed by atoms with Gasteiger partial charge in [-0.15, -0.1) is 11.8 Å². The van der Waals surface area contributed by atoms with Gasteiger partial charge in [0, 0.05) is 13.3 Å². The minimum Gasteiger partial charge on any atom is -0.165 e. The lowest BCUT2D eigenvalue weighted by atomic mass is 10.1. The molecule has 0 amide bonds. The quantitative estimate of drug-likeness (QED) is 0.430. The second-order valence-electron chi connectivity index (χ2n) is 2.86. The maximum Gasteiger partial charge on any atom is 0.0198 e. The first-order valence-corrected chi connectivity index (χ1v) is 6.05. The molecule has 0 N–H and O–H groups in total. The number of unbranched alkanes of at least 4 members (excludes halogenated alkanes) is 5. The molecule has 69 valence electrons. The van der Waals surface area contributed by atoms with Gasteiger partial charge in [0.2, 0.25) is 0 Å². The van der Waals surface area contributed by atoms with E-state index in [1.807, 2.05) is 11.8 Å². The Morgan fingerprint density at radius 1 is 1.08 bits per heavy atom. The van der Waals surface area contributed by atoms with E-state index in [9.17, 15) is 0 Å². The topological polar surface area (TPSA) is 0 Å². The molecular formula is C11H19S. The third kappa shape index (κ3) is 9.91. The molecule has 0 atom stereocenters. The van der Waals surface area contributed by atoms with Crippen molar-refractivity contribution in [3.63, 3.8) is 0 Å². The Morgan fingerprint density at radius 2 is 1.75 bits per heavy atom. The van der Waals surface area contributed by atoms with Gasteiger partial charge in [0.05, 0.1) is 0 Å². The molecule has 1 heteroatoms. The summed E-state index contributed by atoms with van der Waals surface area (Å²) in [6.07, 6.45) is 9.93. The highest BCUT2D eigenvalue weighted by Gasteiger charge is 1.88. The van der Waals surface area contributed by atoms with Crippen LogP contribution in [0.1, 0.15) is 38.5 Å². The van der Waals surface area contributed by atoms with E-state index in [-0.39, 0.29) is 0 Å². The predicted octanol–water partition coefficient (Wildman–Crippen LogP) is 3.53. The molecule has 1 radical (unpaired) electrons. The maximum absolute atomic E-state index is 3.48. The molecule has 0 nitrogen and oxygen atoms in total. The SMILES string of the molecule is [CH2]C#CCCCCCCCSC. The van der Waals surface area contributed by atoms with Crippen LogP contribution in [0, 0.1) is 18.8 Å². The summed E-state index contributed by atoms with van der Waals surface area (Å²) in [6.45, 7) is 3.48. The molecule has 0 aliphatic rings. The first-order chi connectivity index (χ1) is 5.91. The lowest BCUT2D eigenvalue weighted by Gasteiger charge is -1.97. The molecule has 0 aliphatic heterocycles. The third-order valence-corrected chi connectivity index (χ3v) is 2.47. The van der Waals surface area contributed by atoms with Gasteiger partial charge in [0.15, 0.2) is 0 Å². The zero-order valence-corrected chi connectivity index (χ0v) is 8.88. The molecule has 12 heavy (non-hydrogen) atoms. The van der Waals surface area contributed by atoms with Crippen LogP contribution in [0.4, 0.5) is 0 Å². The summed E-state index contributed by atoms with van der Waals surface area (Å²) < 4.78 is 0. The van der Waals surface area contributed by atoms with E-state index < -0.39 is 0 Å². The van der Waals surface area contributed by atoms with Gasteiger partial charge in [-0.1, -0.05) is 19.3 Å². The minimum absolute atomic E-state index is 1.03. The van der Waals surface area contributed by atoms with Crippen LogP contribution >= 0.6 is 11.8 Å². The fourth-order valence-corrected chi connectivity index (χ4v) is 1.57. The molecule has 0 aromatic rings. The molecule has 0 aliphatic carbocycles. The van der Waals surface area contributed by atoms with Crippen LogP contribution in [0.2, 0.25) is 0 Å². The summed E-state index contributed by atoms with van der Waals surface area (Å²) in [6, 6.07) is 0. The predicted molar refractivity (Wildman–Crippen MR) is 59.2 cm³/mol. The summed E-state index contributed by atoms with van der Waals surface area (Å²) in [4.78, 5) is 0. The van der Waals surface area contributed by atoms with Crippen molar-refractivity contribution < 1.29 is 0 Å². The average Bonchev–Trinajstić information content (AvgIpc) is 2.10. The number of hydrogen-bond acceptors (Lipinski definition) is 1. The zero-order valence-electron chi connectivity index (χ0n) is 8.07. The van der Waals surface area contributed by atoms with Crippen molar-refractivity contribution in [2.45, 2.75) is 38.5 Å². The average molecular weight is 183 g/mol. The second kappa shape index (κ2) is 10.9. The molecular weight excluding hydrogens is 164 g/mol. The first kappa shape index (κ1) is 11.9. The van der Waals surface area contributed by atoms with E-state index in [1.165, 1.54) is 37.9 Å². The second-order valence-corrected chi connectivity index (χ2v) is 3.85. The Labute approximate surface area is 81.5 Å². The van der Waals surface area contributed by atoms with Crippen molar-refractivity contribution in [1.82, 2.24) is 0 Å². The van der Waals surface area contributed by atoms with Crippen molar-refractivity contribution in [2.24, 2.45) is 0 Å². The molecule has 0 rings (SSSR count). The van der Waals surface area contributed by atoms with Gasteiger partial charge in [0.1, 0.15) is 0 Å². The van der Waals surface area contributed by atoms with Crippen LogP contribution in [0.3, 0.4) is 0 Å². The standard InChI is InChI=1S/C11H19S/c1-3-4-5-6-7-8-9-10-11-12-2/h1,5-11H2,2H3. The number of rotatable bonds is 7. The van der Waals surface area contributed by atoms with Crippen LogP contribution in [0.5, 0.6) is 0 Å². The maximum atomic E-state index is 3.48. The molecule has 0 saturated heterocycles. The van der Waals surface area contributed by atoms with Gasteiger partial charge in [0.25, 0.3) is 0 Å². The van der Waals surface area contributed by atoms with E-state index in [1.54, 1.807) is 0 Å². The Kier molecular flexibility index (Phi) is 10.8. The van der Waals surface area contributed by atoms with Crippen molar-refractivity contribution in [1.29, 1.82) is 0 Å². The van der Waals surface area contributed by atoms with Crippen LogP contribution < -0.4 is 0 Å². The number of hydrogen-bond donors (Lipinski definition) is 0. The third-order valence-electron chi connectivity index (χ3n) is 1.78. The molecule has 0 saturated carbocycles. The Morgan fingerprint density at radius 3 is 2.42 bits per heavy atom. The van der Waals surface area contributed by atoms with Crippen LogP contribution in [-0.4, -0.2) is 12.0 Å². The highest BCUT2D eigenvalue weighted by molar-refractivity contribution is 7.98. The Balaban J connectivity index is 2.84. The normalized spacial score (nSPS) is 9.17. The summed E-state index contributed by atoms with van der Waals surface area (Å²) in [5, 5.41) is 0. The van der Waals surface area contributed by atoms with Gasteiger partial charge in [-0.2, -0.15) is 11.8 Å². The first-order valence-electron chi connectivity index (χ1n) is 4.65. The van der Waals surface area contributed by atoms with Crippen molar-refractivity contribution in [3.05, 3.63) is 6.92 Å². The molecule has 0 bridgehead atoms. The summed E-state index contributed by atoms with van der Waals surface area (Å²) in [5.74, 6) is 6.98. The van der Waals surface area contributed by atoms with Gasteiger partial charge < -0.3 is 0 Å². The van der Waals surface area contributed by atoms with Crippen molar-refractivity contribution >= 4 is 11.8 Å². The van der Waals surface area contributed by atoms with E-state index >= 15 is 0 Å². The lowest BCUT2D eigenvalue weighted by molar-refractivity contribution is 0.644. The van der Waals surface area contributed by atoms with Gasteiger partial charge in [-0.3, -0.25) is 0 Å². The summed E-state index contributed by atoms with van der Waals surface area (Å²) in [7, 11) is 0. The van der Waals surface area contributed by atoms with Crippen LogP contribution in [0.15, 0.2) is 0 Å². The van der Waals surface area contributed by atoms with E-state index in [4.69, 9.17) is 0 Å². The smallest absolute Gasteiger partial charge is 0.0198 e. The summed E-state index contributed by atoms with van der Waals surface area (Å²) in [5.41, 5.74) is 0. The highest BCUT2D eigenvalue weighted by atomic mass is 32.2. The van der Waals surface area contributed by atoms with E-state index in [0.29, 0.717) is 0 Å². The monoisotopic (exact) mass is 183 g/mol. The molecule has 0 heterocycles. The van der Waals surface area contributed by atoms with Crippen LogP contribution in [0.25, 0.3) is 0 Å².